The molecular weight excluding hydrogens is 481 g/mol. The lowest BCUT2D eigenvalue weighted by atomic mass is 9.83. The zero-order valence-corrected chi connectivity index (χ0v) is 20.5. The second-order valence-electron chi connectivity index (χ2n) is 8.13. The Labute approximate surface area is 192 Å². The van der Waals surface area contributed by atoms with E-state index in [9.17, 15) is 0 Å². The van der Waals surface area contributed by atoms with Crippen LogP contribution in [0.15, 0.2) is 17.1 Å². The number of ether oxygens (including phenoxy) is 3. The zero-order valence-electron chi connectivity index (χ0n) is 18.2. The fourth-order valence-corrected chi connectivity index (χ4v) is 4.44. The largest absolute Gasteiger partial charge is 0.496 e. The number of nitrogens with one attached hydrogen (secondary N) is 2. The average Bonchev–Trinajstić information content (AvgIpc) is 3.31. The normalized spacial score (nSPS) is 19.9. The Morgan fingerprint density at radius 3 is 2.66 bits per heavy atom. The molecule has 1 heterocycles. The van der Waals surface area contributed by atoms with Crippen LogP contribution in [0.4, 0.5) is 0 Å². The summed E-state index contributed by atoms with van der Waals surface area (Å²) in [6.07, 6.45) is 7.40. The van der Waals surface area contributed by atoms with E-state index in [1.54, 1.807) is 14.2 Å². The minimum atomic E-state index is 0. The minimum Gasteiger partial charge on any atom is -0.496 e. The van der Waals surface area contributed by atoms with Crippen molar-refractivity contribution in [3.63, 3.8) is 0 Å². The third-order valence-corrected chi connectivity index (χ3v) is 6.10. The average molecular weight is 517 g/mol. The molecule has 164 valence electrons. The first kappa shape index (κ1) is 24.1. The number of nitrogens with zero attached hydrogens (tertiary/aromatic N) is 1. The number of rotatable bonds is 8. The maximum atomic E-state index is 5.90. The Bertz CT molecular complexity index is 690. The van der Waals surface area contributed by atoms with E-state index in [0.717, 1.165) is 49.0 Å². The fourth-order valence-electron chi connectivity index (χ4n) is 4.44. The van der Waals surface area contributed by atoms with Crippen molar-refractivity contribution in [2.45, 2.75) is 58.1 Å². The first-order valence-corrected chi connectivity index (χ1v) is 10.4. The van der Waals surface area contributed by atoms with Crippen molar-refractivity contribution in [3.8, 4) is 11.5 Å². The molecule has 1 atom stereocenters. The highest BCUT2D eigenvalue weighted by molar-refractivity contribution is 14.0. The molecule has 3 rings (SSSR count). The number of hydrogen-bond acceptors (Lipinski definition) is 4. The van der Waals surface area contributed by atoms with Gasteiger partial charge in [-0.25, -0.2) is 0 Å². The van der Waals surface area contributed by atoms with Gasteiger partial charge in [0.2, 0.25) is 0 Å². The molecule has 1 fully saturated rings. The molecule has 29 heavy (non-hydrogen) atoms. The number of benzene rings is 1. The maximum absolute atomic E-state index is 5.90. The summed E-state index contributed by atoms with van der Waals surface area (Å²) in [6, 6.07) is 4.19. The van der Waals surface area contributed by atoms with Gasteiger partial charge < -0.3 is 24.8 Å². The Kier molecular flexibility index (Phi) is 9.33. The number of halogens is 1. The summed E-state index contributed by atoms with van der Waals surface area (Å²) in [5.41, 5.74) is 2.62. The quantitative estimate of drug-likeness (QED) is 0.311. The van der Waals surface area contributed by atoms with Crippen LogP contribution in [0.3, 0.4) is 0 Å². The molecule has 1 saturated carbocycles. The van der Waals surface area contributed by atoms with Crippen molar-refractivity contribution in [3.05, 3.63) is 23.3 Å². The van der Waals surface area contributed by atoms with Crippen LogP contribution in [0.1, 0.15) is 50.2 Å². The summed E-state index contributed by atoms with van der Waals surface area (Å²) < 4.78 is 16.8. The molecule has 1 aromatic rings. The molecule has 0 radical (unpaired) electrons. The molecule has 0 spiro atoms. The van der Waals surface area contributed by atoms with Gasteiger partial charge in [0.15, 0.2) is 5.96 Å². The van der Waals surface area contributed by atoms with Crippen molar-refractivity contribution in [1.82, 2.24) is 10.6 Å². The van der Waals surface area contributed by atoms with E-state index >= 15 is 0 Å². The van der Waals surface area contributed by atoms with Crippen molar-refractivity contribution in [2.75, 3.05) is 34.4 Å². The molecule has 1 aliphatic carbocycles. The van der Waals surface area contributed by atoms with E-state index in [1.807, 2.05) is 7.05 Å². The lowest BCUT2D eigenvalue weighted by Crippen LogP contribution is -2.43. The standard InChI is InChI=1S/C22H35N3O3.HI/c1-16-11-17-12-19(27-4)18(13-20(17)28-16)14-24-21(23-2)25-15-22(9-10-26-3)7-5-6-8-22;/h12-13,16H,5-11,14-15H2,1-4H3,(H2,23,24,25);1H. The molecule has 2 aliphatic rings. The van der Waals surface area contributed by atoms with Crippen molar-refractivity contribution >= 4 is 29.9 Å². The van der Waals surface area contributed by atoms with Gasteiger partial charge in [0, 0.05) is 51.4 Å². The van der Waals surface area contributed by atoms with E-state index in [1.165, 1.54) is 31.2 Å². The molecule has 6 nitrogen and oxygen atoms in total. The van der Waals surface area contributed by atoms with E-state index in [2.05, 4.69) is 34.7 Å². The molecule has 0 saturated heterocycles. The van der Waals surface area contributed by atoms with Gasteiger partial charge >= 0.3 is 0 Å². The van der Waals surface area contributed by atoms with Crippen molar-refractivity contribution in [1.29, 1.82) is 0 Å². The van der Waals surface area contributed by atoms with Gasteiger partial charge in [0.1, 0.15) is 17.6 Å². The van der Waals surface area contributed by atoms with Crippen LogP contribution in [0, 0.1) is 5.41 Å². The minimum absolute atomic E-state index is 0. The van der Waals surface area contributed by atoms with Crippen LogP contribution in [0.2, 0.25) is 0 Å². The molecular formula is C22H36IN3O3. The fraction of sp³-hybridized carbons (Fsp3) is 0.682. The van der Waals surface area contributed by atoms with Crippen LogP contribution < -0.4 is 20.1 Å². The summed E-state index contributed by atoms with van der Waals surface area (Å²) in [4.78, 5) is 4.41. The molecule has 0 bridgehead atoms. The van der Waals surface area contributed by atoms with E-state index in [4.69, 9.17) is 14.2 Å². The molecule has 7 heteroatoms. The topological polar surface area (TPSA) is 64.1 Å². The molecule has 1 aliphatic heterocycles. The predicted octanol–water partition coefficient (Wildman–Crippen LogP) is 3.90. The lowest BCUT2D eigenvalue weighted by Gasteiger charge is -2.30. The van der Waals surface area contributed by atoms with Crippen LogP contribution in [0.25, 0.3) is 0 Å². The first-order chi connectivity index (χ1) is 13.6. The summed E-state index contributed by atoms with van der Waals surface area (Å²) in [5.74, 6) is 2.69. The highest BCUT2D eigenvalue weighted by Gasteiger charge is 2.33. The predicted molar refractivity (Wildman–Crippen MR) is 128 cm³/mol. The van der Waals surface area contributed by atoms with Crippen molar-refractivity contribution < 1.29 is 14.2 Å². The van der Waals surface area contributed by atoms with Crippen LogP contribution in [0.5, 0.6) is 11.5 Å². The summed E-state index contributed by atoms with van der Waals surface area (Å²) in [7, 11) is 5.32. The Hall–Kier alpha value is -1.22. The van der Waals surface area contributed by atoms with Gasteiger partial charge in [-0.2, -0.15) is 0 Å². The molecule has 2 N–H and O–H groups in total. The highest BCUT2D eigenvalue weighted by Crippen LogP contribution is 2.40. The van der Waals surface area contributed by atoms with Crippen molar-refractivity contribution in [2.24, 2.45) is 10.4 Å². The Morgan fingerprint density at radius 2 is 2.00 bits per heavy atom. The van der Waals surface area contributed by atoms with E-state index in [-0.39, 0.29) is 30.1 Å². The highest BCUT2D eigenvalue weighted by atomic mass is 127. The van der Waals surface area contributed by atoms with Crippen LogP contribution >= 0.6 is 24.0 Å². The second-order valence-corrected chi connectivity index (χ2v) is 8.13. The number of methoxy groups -OCH3 is 2. The molecule has 0 amide bonds. The van der Waals surface area contributed by atoms with Gasteiger partial charge in [-0.1, -0.05) is 12.8 Å². The second kappa shape index (κ2) is 11.2. The van der Waals surface area contributed by atoms with Crippen LogP contribution in [-0.2, 0) is 17.7 Å². The smallest absolute Gasteiger partial charge is 0.191 e. The Morgan fingerprint density at radius 1 is 1.24 bits per heavy atom. The third kappa shape index (κ3) is 6.13. The van der Waals surface area contributed by atoms with Gasteiger partial charge in [-0.05, 0) is 43.7 Å². The monoisotopic (exact) mass is 517 g/mol. The van der Waals surface area contributed by atoms with Crippen LogP contribution in [-0.4, -0.2) is 46.5 Å². The lowest BCUT2D eigenvalue weighted by molar-refractivity contribution is 0.138. The number of guanidine groups is 1. The maximum Gasteiger partial charge on any atom is 0.191 e. The van der Waals surface area contributed by atoms with Gasteiger partial charge in [0.05, 0.1) is 7.11 Å². The molecule has 1 aromatic carbocycles. The first-order valence-electron chi connectivity index (χ1n) is 10.4. The Balaban J connectivity index is 0.00000300. The SMILES string of the molecule is CN=C(NCc1cc2c(cc1OC)CC(C)O2)NCC1(CCOC)CCCC1.I. The van der Waals surface area contributed by atoms with Gasteiger partial charge in [0.25, 0.3) is 0 Å². The van der Waals surface area contributed by atoms with Gasteiger partial charge in [-0.3, -0.25) is 4.99 Å². The molecule has 1 unspecified atom stereocenters. The number of fused-ring (bicyclic) bond motifs is 1. The zero-order chi connectivity index (χ0) is 20.0. The van der Waals surface area contributed by atoms with Gasteiger partial charge in [-0.15, -0.1) is 24.0 Å². The summed E-state index contributed by atoms with van der Waals surface area (Å²) in [5, 5.41) is 6.97. The van der Waals surface area contributed by atoms with E-state index < -0.39 is 0 Å². The molecule has 0 aromatic heterocycles. The summed E-state index contributed by atoms with van der Waals surface area (Å²) >= 11 is 0. The van der Waals surface area contributed by atoms with E-state index in [0.29, 0.717) is 12.0 Å². The number of hydrogen-bond donors (Lipinski definition) is 2. The summed E-state index contributed by atoms with van der Waals surface area (Å²) in [6.45, 7) is 4.48. The third-order valence-electron chi connectivity index (χ3n) is 6.10. The number of aliphatic imine (C=N–C) groups is 1.